The van der Waals surface area contributed by atoms with Crippen molar-refractivity contribution in [1.82, 2.24) is 5.32 Å². The first-order chi connectivity index (χ1) is 11.1. The van der Waals surface area contributed by atoms with Crippen LogP contribution >= 0.6 is 11.8 Å². The number of ether oxygens (including phenoxy) is 1. The highest BCUT2D eigenvalue weighted by Crippen LogP contribution is 2.17. The standard InChI is InChI=1S/C17H26N2O4S/c1-17(2,3)23-16(22)18-14(15(20)21)11-24-10-12-6-8-13(9-7-12)19(4)5/h6-9,14H,10-11H2,1-5H3,(H,18,22)(H,20,21)/t14-/m0/s1. The minimum absolute atomic E-state index is 0.268. The fourth-order valence-corrected chi connectivity index (χ4v) is 2.82. The maximum atomic E-state index is 11.7. The third kappa shape index (κ3) is 7.59. The molecule has 0 aliphatic carbocycles. The van der Waals surface area contributed by atoms with Crippen molar-refractivity contribution in [1.29, 1.82) is 0 Å². The summed E-state index contributed by atoms with van der Waals surface area (Å²) in [4.78, 5) is 25.0. The molecule has 134 valence electrons. The van der Waals surface area contributed by atoms with Crippen LogP contribution in [-0.4, -0.2) is 48.7 Å². The smallest absolute Gasteiger partial charge is 0.408 e. The molecule has 1 rings (SSSR count). The third-order valence-corrected chi connectivity index (χ3v) is 4.10. The summed E-state index contributed by atoms with van der Waals surface area (Å²) in [6.07, 6.45) is -0.717. The number of thioether (sulfide) groups is 1. The zero-order valence-corrected chi connectivity index (χ0v) is 15.6. The van der Waals surface area contributed by atoms with Gasteiger partial charge in [-0.3, -0.25) is 0 Å². The summed E-state index contributed by atoms with van der Waals surface area (Å²) in [6, 6.07) is 7.08. The lowest BCUT2D eigenvalue weighted by atomic mass is 10.2. The number of alkyl carbamates (subject to hydrolysis) is 1. The molecule has 0 saturated carbocycles. The molecule has 6 nitrogen and oxygen atoms in total. The molecular formula is C17H26N2O4S. The molecule has 0 saturated heterocycles. The van der Waals surface area contributed by atoms with E-state index in [9.17, 15) is 14.7 Å². The Bertz CT molecular complexity index is 553. The van der Waals surface area contributed by atoms with Gasteiger partial charge < -0.3 is 20.1 Å². The predicted molar refractivity (Wildman–Crippen MR) is 97.7 cm³/mol. The van der Waals surface area contributed by atoms with Crippen LogP contribution in [0.25, 0.3) is 0 Å². The molecule has 1 aromatic rings. The highest BCUT2D eigenvalue weighted by Gasteiger charge is 2.23. The van der Waals surface area contributed by atoms with Crippen LogP contribution in [0.2, 0.25) is 0 Å². The summed E-state index contributed by atoms with van der Waals surface area (Å²) in [5, 5.41) is 11.6. The maximum Gasteiger partial charge on any atom is 0.408 e. The third-order valence-electron chi connectivity index (χ3n) is 3.00. The van der Waals surface area contributed by atoms with Gasteiger partial charge in [-0.1, -0.05) is 12.1 Å². The first kappa shape index (κ1) is 20.2. The minimum Gasteiger partial charge on any atom is -0.480 e. The molecule has 0 aromatic heterocycles. The van der Waals surface area contributed by atoms with Crippen molar-refractivity contribution in [3.63, 3.8) is 0 Å². The van der Waals surface area contributed by atoms with Gasteiger partial charge in [0, 0.05) is 31.3 Å². The van der Waals surface area contributed by atoms with Crippen LogP contribution in [0.1, 0.15) is 26.3 Å². The van der Waals surface area contributed by atoms with Crippen LogP contribution in [0.15, 0.2) is 24.3 Å². The Balaban J connectivity index is 2.49. The molecule has 0 unspecified atom stereocenters. The van der Waals surface area contributed by atoms with Crippen LogP contribution in [0.5, 0.6) is 0 Å². The molecule has 1 amide bonds. The molecule has 1 aromatic carbocycles. The number of aliphatic carboxylic acids is 1. The van der Waals surface area contributed by atoms with E-state index in [1.807, 2.05) is 43.3 Å². The van der Waals surface area contributed by atoms with E-state index in [-0.39, 0.29) is 5.75 Å². The zero-order chi connectivity index (χ0) is 18.3. The van der Waals surface area contributed by atoms with Crippen molar-refractivity contribution < 1.29 is 19.4 Å². The number of anilines is 1. The van der Waals surface area contributed by atoms with Gasteiger partial charge in [0.1, 0.15) is 11.6 Å². The highest BCUT2D eigenvalue weighted by molar-refractivity contribution is 7.98. The van der Waals surface area contributed by atoms with Gasteiger partial charge in [0.25, 0.3) is 0 Å². The Hall–Kier alpha value is -1.89. The molecular weight excluding hydrogens is 328 g/mol. The van der Waals surface area contributed by atoms with E-state index in [1.54, 1.807) is 20.8 Å². The summed E-state index contributed by atoms with van der Waals surface area (Å²) >= 11 is 1.45. The zero-order valence-electron chi connectivity index (χ0n) is 14.8. The number of benzene rings is 1. The summed E-state index contributed by atoms with van der Waals surface area (Å²) in [5.74, 6) is -0.131. The Labute approximate surface area is 147 Å². The average molecular weight is 354 g/mol. The Morgan fingerprint density at radius 3 is 2.29 bits per heavy atom. The molecule has 0 aliphatic heterocycles. The molecule has 2 N–H and O–H groups in total. The Morgan fingerprint density at radius 1 is 1.25 bits per heavy atom. The van der Waals surface area contributed by atoms with Crippen LogP contribution in [0.3, 0.4) is 0 Å². The normalized spacial score (nSPS) is 12.4. The molecule has 24 heavy (non-hydrogen) atoms. The van der Waals surface area contributed by atoms with Crippen molar-refractivity contribution >= 4 is 29.5 Å². The summed E-state index contributed by atoms with van der Waals surface area (Å²) in [7, 11) is 3.95. The average Bonchev–Trinajstić information content (AvgIpc) is 2.44. The topological polar surface area (TPSA) is 78.9 Å². The van der Waals surface area contributed by atoms with Gasteiger partial charge in [0.05, 0.1) is 0 Å². The van der Waals surface area contributed by atoms with Crippen molar-refractivity contribution in [2.24, 2.45) is 0 Å². The van der Waals surface area contributed by atoms with Gasteiger partial charge in [-0.2, -0.15) is 11.8 Å². The second-order valence-corrected chi connectivity index (χ2v) is 7.64. The summed E-state index contributed by atoms with van der Waals surface area (Å²) < 4.78 is 5.09. The SMILES string of the molecule is CN(C)c1ccc(CSC[C@H](NC(=O)OC(C)(C)C)C(=O)O)cc1. The fourth-order valence-electron chi connectivity index (χ4n) is 1.81. The second kappa shape index (κ2) is 8.82. The Morgan fingerprint density at radius 2 is 1.83 bits per heavy atom. The van der Waals surface area contributed by atoms with E-state index < -0.39 is 23.7 Å². The van der Waals surface area contributed by atoms with Gasteiger partial charge in [-0.15, -0.1) is 0 Å². The van der Waals surface area contributed by atoms with Gasteiger partial charge >= 0.3 is 12.1 Å². The lowest BCUT2D eigenvalue weighted by Gasteiger charge is -2.21. The van der Waals surface area contributed by atoms with E-state index in [2.05, 4.69) is 5.32 Å². The van der Waals surface area contributed by atoms with Gasteiger partial charge in [-0.25, -0.2) is 9.59 Å². The molecule has 0 aliphatic rings. The van der Waals surface area contributed by atoms with Crippen LogP contribution in [0.4, 0.5) is 10.5 Å². The molecule has 0 spiro atoms. The fraction of sp³-hybridized carbons (Fsp3) is 0.529. The van der Waals surface area contributed by atoms with Gasteiger partial charge in [0.15, 0.2) is 0 Å². The number of carbonyl (C=O) groups is 2. The quantitative estimate of drug-likeness (QED) is 0.784. The predicted octanol–water partition coefficient (Wildman–Crippen LogP) is 2.96. The first-order valence-corrected chi connectivity index (χ1v) is 8.80. The molecule has 1 atom stereocenters. The summed E-state index contributed by atoms with van der Waals surface area (Å²) in [5.41, 5.74) is 1.56. The first-order valence-electron chi connectivity index (χ1n) is 7.65. The highest BCUT2D eigenvalue weighted by atomic mass is 32.2. The number of hydrogen-bond acceptors (Lipinski definition) is 5. The molecule has 7 heteroatoms. The van der Waals surface area contributed by atoms with E-state index in [1.165, 1.54) is 11.8 Å². The summed E-state index contributed by atoms with van der Waals surface area (Å²) in [6.45, 7) is 5.19. The number of carbonyl (C=O) groups excluding carboxylic acids is 1. The lowest BCUT2D eigenvalue weighted by Crippen LogP contribution is -2.44. The molecule has 0 radical (unpaired) electrons. The van der Waals surface area contributed by atoms with Crippen molar-refractivity contribution in [3.8, 4) is 0 Å². The lowest BCUT2D eigenvalue weighted by molar-refractivity contribution is -0.138. The maximum absolute atomic E-state index is 11.7. The molecule has 0 bridgehead atoms. The van der Waals surface area contributed by atoms with Crippen molar-refractivity contribution in [2.45, 2.75) is 38.2 Å². The Kier molecular flexibility index (Phi) is 7.41. The molecule has 0 fully saturated rings. The van der Waals surface area contributed by atoms with Crippen molar-refractivity contribution in [3.05, 3.63) is 29.8 Å². The van der Waals surface area contributed by atoms with Crippen molar-refractivity contribution in [2.75, 3.05) is 24.7 Å². The largest absolute Gasteiger partial charge is 0.480 e. The number of nitrogens with zero attached hydrogens (tertiary/aromatic N) is 1. The van der Waals surface area contributed by atoms with E-state index in [0.717, 1.165) is 11.3 Å². The number of hydrogen-bond donors (Lipinski definition) is 2. The second-order valence-electron chi connectivity index (χ2n) is 6.61. The van der Waals surface area contributed by atoms with E-state index in [0.29, 0.717) is 5.75 Å². The van der Waals surface area contributed by atoms with Gasteiger partial charge in [-0.05, 0) is 38.5 Å². The monoisotopic (exact) mass is 354 g/mol. The van der Waals surface area contributed by atoms with Gasteiger partial charge in [0.2, 0.25) is 0 Å². The van der Waals surface area contributed by atoms with Crippen LogP contribution < -0.4 is 10.2 Å². The number of rotatable bonds is 7. The molecule has 0 heterocycles. The minimum atomic E-state index is -1.07. The van der Waals surface area contributed by atoms with E-state index in [4.69, 9.17) is 4.74 Å². The number of carboxylic acid groups (broad SMARTS) is 1. The van der Waals surface area contributed by atoms with Crippen LogP contribution in [-0.2, 0) is 15.3 Å². The van der Waals surface area contributed by atoms with Crippen LogP contribution in [0, 0.1) is 0 Å². The number of carboxylic acids is 1. The van der Waals surface area contributed by atoms with E-state index >= 15 is 0 Å². The number of amides is 1. The number of nitrogens with one attached hydrogen (secondary N) is 1.